The first-order valence-electron chi connectivity index (χ1n) is 10.5. The zero-order chi connectivity index (χ0) is 19.9. The highest BCUT2D eigenvalue weighted by Gasteiger charge is 2.29. The molecule has 3 heterocycles. The van der Waals surface area contributed by atoms with Crippen molar-refractivity contribution in [1.29, 1.82) is 0 Å². The van der Waals surface area contributed by atoms with Crippen LogP contribution in [0.5, 0.6) is 0 Å². The molecule has 3 rings (SSSR count). The van der Waals surface area contributed by atoms with Crippen LogP contribution in [0.2, 0.25) is 0 Å². The second-order valence-electron chi connectivity index (χ2n) is 7.36. The Bertz CT molecular complexity index is 654. The van der Waals surface area contributed by atoms with Crippen LogP contribution < -0.4 is 0 Å². The van der Waals surface area contributed by atoms with Gasteiger partial charge in [0.05, 0.1) is 19.4 Å². The summed E-state index contributed by atoms with van der Waals surface area (Å²) >= 11 is 0. The van der Waals surface area contributed by atoms with E-state index in [2.05, 4.69) is 10.3 Å². The first kappa shape index (κ1) is 20.6. The van der Waals surface area contributed by atoms with E-state index in [0.717, 1.165) is 45.3 Å². The lowest BCUT2D eigenvalue weighted by molar-refractivity contribution is 0.0299. The average molecular weight is 393 g/mol. The minimum absolute atomic E-state index is 0.0921. The lowest BCUT2D eigenvalue weighted by Gasteiger charge is -2.38. The zero-order valence-corrected chi connectivity index (χ0v) is 17.0. The van der Waals surface area contributed by atoms with Crippen LogP contribution in [0.1, 0.15) is 50.0 Å². The van der Waals surface area contributed by atoms with Crippen molar-refractivity contribution in [1.82, 2.24) is 29.7 Å². The van der Waals surface area contributed by atoms with Crippen LogP contribution in [0.15, 0.2) is 6.20 Å². The number of piperidine rings is 1. The van der Waals surface area contributed by atoms with E-state index in [1.165, 1.54) is 0 Å². The third-order valence-corrected chi connectivity index (χ3v) is 5.65. The Morgan fingerprint density at radius 2 is 1.93 bits per heavy atom. The number of aryl methyl sites for hydroxylation is 1. The maximum absolute atomic E-state index is 12.8. The second-order valence-corrected chi connectivity index (χ2v) is 7.36. The molecule has 2 aliphatic rings. The molecule has 0 N–H and O–H groups in total. The molecule has 9 nitrogen and oxygen atoms in total. The molecule has 2 saturated heterocycles. The van der Waals surface area contributed by atoms with Gasteiger partial charge in [-0.15, -0.1) is 5.10 Å². The van der Waals surface area contributed by atoms with Gasteiger partial charge in [-0.1, -0.05) is 5.21 Å². The lowest BCUT2D eigenvalue weighted by atomic mass is 9.99. The van der Waals surface area contributed by atoms with Gasteiger partial charge in [0, 0.05) is 45.3 Å². The third kappa shape index (κ3) is 4.81. The van der Waals surface area contributed by atoms with Gasteiger partial charge in [0.1, 0.15) is 0 Å². The van der Waals surface area contributed by atoms with Crippen molar-refractivity contribution >= 4 is 11.9 Å². The minimum atomic E-state index is -0.0921. The van der Waals surface area contributed by atoms with Crippen molar-refractivity contribution in [2.24, 2.45) is 0 Å². The van der Waals surface area contributed by atoms with Crippen LogP contribution in [0.25, 0.3) is 0 Å². The lowest BCUT2D eigenvalue weighted by Crippen LogP contribution is -2.50. The van der Waals surface area contributed by atoms with Gasteiger partial charge in [-0.05, 0) is 39.5 Å². The Morgan fingerprint density at radius 3 is 2.64 bits per heavy atom. The molecule has 9 heteroatoms. The molecule has 0 spiro atoms. The summed E-state index contributed by atoms with van der Waals surface area (Å²) in [5.41, 5.74) is 0.376. The SMILES string of the molecule is CCN(CC)C(=O)N1CCCCC1CCn1cc(C(=O)N2CCOCC2)nn1. The van der Waals surface area contributed by atoms with Crippen molar-refractivity contribution in [3.05, 3.63) is 11.9 Å². The quantitative estimate of drug-likeness (QED) is 0.732. The summed E-state index contributed by atoms with van der Waals surface area (Å²) in [6, 6.07) is 0.348. The predicted molar refractivity (Wildman–Crippen MR) is 104 cm³/mol. The number of amides is 3. The molecule has 2 aliphatic heterocycles. The minimum Gasteiger partial charge on any atom is -0.378 e. The summed E-state index contributed by atoms with van der Waals surface area (Å²) in [7, 11) is 0. The molecule has 0 aliphatic carbocycles. The first-order valence-corrected chi connectivity index (χ1v) is 10.5. The third-order valence-electron chi connectivity index (χ3n) is 5.65. The molecule has 0 radical (unpaired) electrons. The molecule has 0 aromatic carbocycles. The smallest absolute Gasteiger partial charge is 0.320 e. The topological polar surface area (TPSA) is 83.8 Å². The van der Waals surface area contributed by atoms with Crippen LogP contribution >= 0.6 is 0 Å². The first-order chi connectivity index (χ1) is 13.6. The molecule has 2 fully saturated rings. The van der Waals surface area contributed by atoms with E-state index in [9.17, 15) is 9.59 Å². The van der Waals surface area contributed by atoms with E-state index in [1.54, 1.807) is 15.8 Å². The van der Waals surface area contributed by atoms with Crippen LogP contribution in [-0.2, 0) is 11.3 Å². The molecule has 1 atom stereocenters. The van der Waals surface area contributed by atoms with Crippen LogP contribution in [0.3, 0.4) is 0 Å². The van der Waals surface area contributed by atoms with Crippen molar-refractivity contribution in [3.63, 3.8) is 0 Å². The highest BCUT2D eigenvalue weighted by Crippen LogP contribution is 2.22. The van der Waals surface area contributed by atoms with Gasteiger partial charge >= 0.3 is 6.03 Å². The fourth-order valence-electron chi connectivity index (χ4n) is 3.94. The Balaban J connectivity index is 1.57. The molecule has 0 saturated carbocycles. The van der Waals surface area contributed by atoms with Gasteiger partial charge in [0.15, 0.2) is 5.69 Å². The second kappa shape index (κ2) is 9.86. The van der Waals surface area contributed by atoms with E-state index in [-0.39, 0.29) is 18.0 Å². The molecule has 28 heavy (non-hydrogen) atoms. The summed E-state index contributed by atoms with van der Waals surface area (Å²) < 4.78 is 7.01. The van der Waals surface area contributed by atoms with Gasteiger partial charge in [0.25, 0.3) is 5.91 Å². The van der Waals surface area contributed by atoms with Crippen molar-refractivity contribution in [2.75, 3.05) is 45.9 Å². The average Bonchev–Trinajstić information content (AvgIpc) is 3.22. The largest absolute Gasteiger partial charge is 0.378 e. The Labute approximate surface area is 166 Å². The van der Waals surface area contributed by atoms with Crippen molar-refractivity contribution in [3.8, 4) is 0 Å². The number of likely N-dealkylation sites (tertiary alicyclic amines) is 1. The number of nitrogens with zero attached hydrogens (tertiary/aromatic N) is 6. The summed E-state index contributed by atoms with van der Waals surface area (Å²) in [5, 5.41) is 8.18. The number of morpholine rings is 1. The van der Waals surface area contributed by atoms with Crippen LogP contribution in [0.4, 0.5) is 4.79 Å². The van der Waals surface area contributed by atoms with Gasteiger partial charge in [-0.2, -0.15) is 0 Å². The molecule has 1 unspecified atom stereocenters. The van der Waals surface area contributed by atoms with E-state index < -0.39 is 0 Å². The number of hydrogen-bond donors (Lipinski definition) is 0. The summed E-state index contributed by atoms with van der Waals surface area (Å²) in [6.07, 6.45) is 5.76. The monoisotopic (exact) mass is 392 g/mol. The molecule has 1 aromatic rings. The highest BCUT2D eigenvalue weighted by molar-refractivity contribution is 5.92. The predicted octanol–water partition coefficient (Wildman–Crippen LogP) is 1.46. The van der Waals surface area contributed by atoms with Gasteiger partial charge in [-0.25, -0.2) is 4.79 Å². The molecule has 0 bridgehead atoms. The van der Waals surface area contributed by atoms with Gasteiger partial charge in [0.2, 0.25) is 0 Å². The number of rotatable bonds is 6. The fraction of sp³-hybridized carbons (Fsp3) is 0.789. The Hall–Kier alpha value is -2.16. The summed E-state index contributed by atoms with van der Waals surface area (Å²) in [5.74, 6) is -0.0921. The van der Waals surface area contributed by atoms with Crippen LogP contribution in [-0.4, -0.2) is 93.6 Å². The molecule has 156 valence electrons. The summed E-state index contributed by atoms with van der Waals surface area (Å²) in [6.45, 7) is 9.28. The maximum atomic E-state index is 12.8. The Morgan fingerprint density at radius 1 is 1.18 bits per heavy atom. The molecule has 3 amide bonds. The number of carbonyl (C=O) groups excluding carboxylic acids is 2. The number of carbonyl (C=O) groups is 2. The van der Waals surface area contributed by atoms with Crippen molar-refractivity contribution < 1.29 is 14.3 Å². The maximum Gasteiger partial charge on any atom is 0.320 e. The molecule has 1 aromatic heterocycles. The van der Waals surface area contributed by atoms with E-state index in [4.69, 9.17) is 4.74 Å². The molecular formula is C19H32N6O3. The van der Waals surface area contributed by atoms with Crippen LogP contribution in [0, 0.1) is 0 Å². The van der Waals surface area contributed by atoms with Gasteiger partial charge in [-0.3, -0.25) is 9.48 Å². The number of urea groups is 1. The van der Waals surface area contributed by atoms with E-state index >= 15 is 0 Å². The highest BCUT2D eigenvalue weighted by atomic mass is 16.5. The standard InChI is InChI=1S/C19H32N6O3/c1-3-22(4-2)19(27)25-9-6-5-7-16(25)8-10-24-15-17(20-21-24)18(26)23-11-13-28-14-12-23/h15-16H,3-14H2,1-2H3. The normalized spacial score (nSPS) is 20.3. The number of ether oxygens (including phenoxy) is 1. The zero-order valence-electron chi connectivity index (χ0n) is 17.0. The van der Waals surface area contributed by atoms with E-state index in [0.29, 0.717) is 38.5 Å². The van der Waals surface area contributed by atoms with E-state index in [1.807, 2.05) is 23.6 Å². The fourth-order valence-corrected chi connectivity index (χ4v) is 3.94. The van der Waals surface area contributed by atoms with Gasteiger partial charge < -0.3 is 19.4 Å². The van der Waals surface area contributed by atoms with Crippen molar-refractivity contribution in [2.45, 2.75) is 52.1 Å². The summed E-state index contributed by atoms with van der Waals surface area (Å²) in [4.78, 5) is 31.0. The number of aromatic nitrogens is 3. The molecular weight excluding hydrogens is 360 g/mol. The Kier molecular flexibility index (Phi) is 7.24. The number of hydrogen-bond acceptors (Lipinski definition) is 5.